The number of nitrogens with zero attached hydrogens (tertiary/aromatic N) is 2. The zero-order valence-corrected chi connectivity index (χ0v) is 17.7. The molecule has 0 aromatic heterocycles. The van der Waals surface area contributed by atoms with Gasteiger partial charge in [0.05, 0.1) is 12.6 Å². The van der Waals surface area contributed by atoms with Crippen molar-refractivity contribution in [1.29, 1.82) is 0 Å². The fraction of sp³-hybridized carbons (Fsp3) is 0.417. The number of hydrogen-bond donors (Lipinski definition) is 1. The zero-order valence-electron chi connectivity index (χ0n) is 17.7. The number of hydrogen-bond acceptors (Lipinski definition) is 4. The topological polar surface area (TPSA) is 70.1 Å². The number of halogens is 1. The van der Waals surface area contributed by atoms with Crippen molar-refractivity contribution in [2.45, 2.75) is 25.3 Å². The van der Waals surface area contributed by atoms with Crippen LogP contribution in [0.25, 0.3) is 0 Å². The van der Waals surface area contributed by atoms with Gasteiger partial charge in [-0.3, -0.25) is 9.69 Å². The molecule has 6 nitrogen and oxygen atoms in total. The molecule has 31 heavy (non-hydrogen) atoms. The van der Waals surface area contributed by atoms with Gasteiger partial charge < -0.3 is 14.7 Å². The Morgan fingerprint density at radius 3 is 2.45 bits per heavy atom. The lowest BCUT2D eigenvalue weighted by Crippen LogP contribution is -2.42. The van der Waals surface area contributed by atoms with E-state index in [0.29, 0.717) is 19.1 Å². The van der Waals surface area contributed by atoms with Crippen molar-refractivity contribution in [2.75, 3.05) is 33.3 Å². The third-order valence-electron chi connectivity index (χ3n) is 5.98. The van der Waals surface area contributed by atoms with E-state index in [4.69, 9.17) is 14.6 Å². The number of rotatable bonds is 3. The number of fused-ring (bicyclic) bond motifs is 1. The van der Waals surface area contributed by atoms with Crippen LogP contribution < -0.4 is 0 Å². The third kappa shape index (κ3) is 5.82. The van der Waals surface area contributed by atoms with Gasteiger partial charge in [-0.2, -0.15) is 0 Å². The lowest BCUT2D eigenvalue weighted by Gasteiger charge is -2.37. The van der Waals surface area contributed by atoms with Gasteiger partial charge in [-0.1, -0.05) is 36.4 Å². The zero-order chi connectivity index (χ0) is 22.2. The smallest absolute Gasteiger partial charge is 0.410 e. The Kier molecular flexibility index (Phi) is 8.00. The highest BCUT2D eigenvalue weighted by atomic mass is 19.1. The van der Waals surface area contributed by atoms with E-state index in [1.54, 1.807) is 17.0 Å². The normalized spacial score (nSPS) is 19.0. The molecule has 0 bridgehead atoms. The molecule has 0 radical (unpaired) electrons. The molecule has 166 valence electrons. The highest BCUT2D eigenvalue weighted by molar-refractivity contribution is 5.70. The molecule has 2 aromatic rings. The van der Waals surface area contributed by atoms with E-state index in [9.17, 15) is 9.18 Å². The van der Waals surface area contributed by atoms with Crippen molar-refractivity contribution in [1.82, 2.24) is 9.80 Å². The molecular weight excluding hydrogens is 399 g/mol. The molecular formula is C24H29FN2O4. The molecule has 2 aliphatic heterocycles. The number of ether oxygens (including phenoxy) is 1. The second-order valence-corrected chi connectivity index (χ2v) is 8.03. The molecule has 4 rings (SSSR count). The minimum atomic E-state index is -0.275. The van der Waals surface area contributed by atoms with Gasteiger partial charge >= 0.3 is 6.09 Å². The van der Waals surface area contributed by atoms with Crippen LogP contribution in [0.5, 0.6) is 0 Å². The molecule has 1 saturated heterocycles. The number of carboxylic acid groups (broad SMARTS) is 1. The molecule has 0 spiro atoms. The number of carbonyl (C=O) groups is 2. The predicted molar refractivity (Wildman–Crippen MR) is 115 cm³/mol. The Morgan fingerprint density at radius 1 is 1.13 bits per heavy atom. The minimum absolute atomic E-state index is 0.240. The van der Waals surface area contributed by atoms with E-state index >= 15 is 0 Å². The van der Waals surface area contributed by atoms with Crippen LogP contribution in [0.3, 0.4) is 0 Å². The first-order valence-electron chi connectivity index (χ1n) is 10.6. The summed E-state index contributed by atoms with van der Waals surface area (Å²) in [4.78, 5) is 25.5. The van der Waals surface area contributed by atoms with E-state index in [1.165, 1.54) is 17.7 Å². The Bertz CT molecular complexity index is 866. The van der Waals surface area contributed by atoms with E-state index in [1.807, 2.05) is 12.1 Å². The second kappa shape index (κ2) is 10.9. The summed E-state index contributed by atoms with van der Waals surface area (Å²) in [5.41, 5.74) is 3.23. The number of likely N-dealkylation sites (tertiary alicyclic amines) is 1. The monoisotopic (exact) mass is 428 g/mol. The molecule has 0 saturated carbocycles. The number of carbonyl (C=O) groups excluding carboxylic acids is 1. The highest BCUT2D eigenvalue weighted by Gasteiger charge is 2.33. The van der Waals surface area contributed by atoms with Crippen molar-refractivity contribution in [3.8, 4) is 0 Å². The average molecular weight is 429 g/mol. The summed E-state index contributed by atoms with van der Waals surface area (Å²) < 4.78 is 19.2. The standard InChI is InChI=1S/C23H27FN2O2.CH2O2/c1-25-13-10-17(11-14-25)16-28-23(27)26-15-12-18-4-2-3-5-21(18)22(26)19-6-8-20(24)9-7-19;2-1-3/h2-9,17,22H,10-16H2,1H3;1H,(H,2,3)/t22-;/m0./s1. The average Bonchev–Trinajstić information content (AvgIpc) is 2.79. The summed E-state index contributed by atoms with van der Waals surface area (Å²) in [7, 11) is 2.13. The highest BCUT2D eigenvalue weighted by Crippen LogP contribution is 2.35. The van der Waals surface area contributed by atoms with Gasteiger partial charge in [0, 0.05) is 6.54 Å². The van der Waals surface area contributed by atoms with Crippen LogP contribution in [-0.2, 0) is 16.0 Å². The van der Waals surface area contributed by atoms with Gasteiger partial charge in [-0.25, -0.2) is 9.18 Å². The van der Waals surface area contributed by atoms with Crippen molar-refractivity contribution in [3.05, 3.63) is 71.0 Å². The van der Waals surface area contributed by atoms with Gasteiger partial charge in [0.15, 0.2) is 0 Å². The van der Waals surface area contributed by atoms with Gasteiger partial charge in [0.1, 0.15) is 5.82 Å². The van der Waals surface area contributed by atoms with Crippen LogP contribution in [0.2, 0.25) is 0 Å². The molecule has 2 aromatic carbocycles. The van der Waals surface area contributed by atoms with Crippen LogP contribution in [0, 0.1) is 11.7 Å². The van der Waals surface area contributed by atoms with Crippen LogP contribution in [0.1, 0.15) is 35.6 Å². The van der Waals surface area contributed by atoms with Gasteiger partial charge in [0.2, 0.25) is 0 Å². The Hall–Kier alpha value is -2.93. The predicted octanol–water partition coefficient (Wildman–Crippen LogP) is 3.95. The summed E-state index contributed by atoms with van der Waals surface area (Å²) in [6.07, 6.45) is 2.65. The minimum Gasteiger partial charge on any atom is -0.483 e. The second-order valence-electron chi connectivity index (χ2n) is 8.03. The first-order valence-corrected chi connectivity index (χ1v) is 10.6. The summed E-state index contributed by atoms with van der Waals surface area (Å²) in [6, 6.07) is 14.4. The van der Waals surface area contributed by atoms with E-state index in [-0.39, 0.29) is 24.4 Å². The maximum atomic E-state index is 13.5. The molecule has 2 aliphatic rings. The molecule has 0 aliphatic carbocycles. The largest absolute Gasteiger partial charge is 0.483 e. The number of amides is 1. The Morgan fingerprint density at radius 2 is 1.77 bits per heavy atom. The molecule has 1 amide bonds. The number of piperidine rings is 1. The lowest BCUT2D eigenvalue weighted by molar-refractivity contribution is -0.122. The molecule has 2 heterocycles. The van der Waals surface area contributed by atoms with Crippen LogP contribution >= 0.6 is 0 Å². The van der Waals surface area contributed by atoms with Crippen molar-refractivity contribution in [2.24, 2.45) is 5.92 Å². The molecule has 1 atom stereocenters. The fourth-order valence-electron chi connectivity index (χ4n) is 4.27. The SMILES string of the molecule is CN1CCC(COC(=O)N2CCc3ccccc3[C@@H]2c2ccc(F)cc2)CC1.O=CO. The van der Waals surface area contributed by atoms with Crippen LogP contribution in [0.4, 0.5) is 9.18 Å². The maximum absolute atomic E-state index is 13.5. The van der Waals surface area contributed by atoms with Crippen LogP contribution in [-0.4, -0.2) is 60.8 Å². The first kappa shape index (κ1) is 22.7. The molecule has 1 N–H and O–H groups in total. The summed E-state index contributed by atoms with van der Waals surface area (Å²) >= 11 is 0. The fourth-order valence-corrected chi connectivity index (χ4v) is 4.27. The van der Waals surface area contributed by atoms with Gasteiger partial charge in [-0.05, 0) is 74.1 Å². The Balaban J connectivity index is 0.000000858. The summed E-state index contributed by atoms with van der Waals surface area (Å²) in [6.45, 7) is 2.93. The van der Waals surface area contributed by atoms with Crippen molar-refractivity contribution in [3.63, 3.8) is 0 Å². The lowest BCUT2D eigenvalue weighted by atomic mass is 9.88. The first-order chi connectivity index (χ1) is 15.0. The third-order valence-corrected chi connectivity index (χ3v) is 5.98. The van der Waals surface area contributed by atoms with Crippen LogP contribution in [0.15, 0.2) is 48.5 Å². The maximum Gasteiger partial charge on any atom is 0.410 e. The molecule has 0 unspecified atom stereocenters. The van der Waals surface area contributed by atoms with E-state index in [0.717, 1.165) is 43.5 Å². The quantitative estimate of drug-likeness (QED) is 0.750. The Labute approximate surface area is 182 Å². The van der Waals surface area contributed by atoms with Crippen molar-refractivity contribution < 1.29 is 23.8 Å². The molecule has 1 fully saturated rings. The number of benzene rings is 2. The molecule has 7 heteroatoms. The summed E-state index contributed by atoms with van der Waals surface area (Å²) in [5.74, 6) is 0.158. The van der Waals surface area contributed by atoms with Crippen molar-refractivity contribution >= 4 is 12.6 Å². The summed E-state index contributed by atoms with van der Waals surface area (Å²) in [5, 5.41) is 6.89. The van der Waals surface area contributed by atoms with E-state index < -0.39 is 0 Å². The van der Waals surface area contributed by atoms with Gasteiger partial charge in [0.25, 0.3) is 6.47 Å². The van der Waals surface area contributed by atoms with E-state index in [2.05, 4.69) is 24.1 Å². The van der Waals surface area contributed by atoms with Gasteiger partial charge in [-0.15, -0.1) is 0 Å².